The monoisotopic (exact) mass is 279 g/mol. The van der Waals surface area contributed by atoms with E-state index in [9.17, 15) is 8.42 Å². The van der Waals surface area contributed by atoms with Crippen LogP contribution in [0.1, 0.15) is 17.7 Å². The van der Waals surface area contributed by atoms with Crippen LogP contribution in [-0.4, -0.2) is 25.2 Å². The molecule has 2 aromatic rings. The minimum absolute atomic E-state index is 0.215. The summed E-state index contributed by atoms with van der Waals surface area (Å²) >= 11 is 0. The van der Waals surface area contributed by atoms with Crippen molar-refractivity contribution in [2.24, 2.45) is 0 Å². The van der Waals surface area contributed by atoms with Crippen molar-refractivity contribution >= 4 is 10.0 Å². The molecule has 0 radical (unpaired) electrons. The van der Waals surface area contributed by atoms with Crippen LogP contribution in [0.5, 0.6) is 0 Å². The quantitative estimate of drug-likeness (QED) is 0.789. The molecule has 2 rings (SSSR count). The van der Waals surface area contributed by atoms with Crippen LogP contribution < -0.4 is 4.72 Å². The summed E-state index contributed by atoms with van der Waals surface area (Å²) < 4.78 is 26.5. The number of hydrogen-bond acceptors (Lipinski definition) is 3. The Balaban J connectivity index is 1.85. The lowest BCUT2D eigenvalue weighted by atomic mass is 10.1. The highest BCUT2D eigenvalue weighted by atomic mass is 32.2. The third-order valence-electron chi connectivity index (χ3n) is 2.85. The SMILES string of the molecule is Cc1[nH]ncc1S(=O)(=O)NCCCc1ccccc1. The summed E-state index contributed by atoms with van der Waals surface area (Å²) in [6, 6.07) is 10.0. The van der Waals surface area contributed by atoms with Crippen LogP contribution in [0, 0.1) is 6.92 Å². The van der Waals surface area contributed by atoms with Gasteiger partial charge in [0.1, 0.15) is 4.90 Å². The summed E-state index contributed by atoms with van der Waals surface area (Å²) in [6.45, 7) is 2.10. The highest BCUT2D eigenvalue weighted by Gasteiger charge is 2.17. The number of hydrogen-bond donors (Lipinski definition) is 2. The molecule has 0 unspecified atom stereocenters. The van der Waals surface area contributed by atoms with Gasteiger partial charge in [0.25, 0.3) is 0 Å². The van der Waals surface area contributed by atoms with Crippen molar-refractivity contribution < 1.29 is 8.42 Å². The van der Waals surface area contributed by atoms with E-state index in [4.69, 9.17) is 0 Å². The van der Waals surface area contributed by atoms with Crippen molar-refractivity contribution in [3.63, 3.8) is 0 Å². The summed E-state index contributed by atoms with van der Waals surface area (Å²) in [4.78, 5) is 0.215. The maximum absolute atomic E-state index is 12.0. The van der Waals surface area contributed by atoms with Crippen molar-refractivity contribution in [2.75, 3.05) is 6.54 Å². The first-order valence-electron chi connectivity index (χ1n) is 6.13. The van der Waals surface area contributed by atoms with Crippen LogP contribution in [-0.2, 0) is 16.4 Å². The molecule has 2 N–H and O–H groups in total. The van der Waals surface area contributed by atoms with Gasteiger partial charge in [-0.1, -0.05) is 30.3 Å². The normalized spacial score (nSPS) is 11.6. The fourth-order valence-electron chi connectivity index (χ4n) is 1.83. The maximum Gasteiger partial charge on any atom is 0.243 e. The van der Waals surface area contributed by atoms with Gasteiger partial charge in [0.15, 0.2) is 0 Å². The van der Waals surface area contributed by atoms with Gasteiger partial charge in [-0.05, 0) is 25.3 Å². The van der Waals surface area contributed by atoms with Crippen LogP contribution in [0.25, 0.3) is 0 Å². The van der Waals surface area contributed by atoms with Crippen LogP contribution in [0.15, 0.2) is 41.4 Å². The van der Waals surface area contributed by atoms with E-state index in [0.29, 0.717) is 12.2 Å². The summed E-state index contributed by atoms with van der Waals surface area (Å²) in [7, 11) is -3.45. The number of H-pyrrole nitrogens is 1. The van der Waals surface area contributed by atoms with Gasteiger partial charge in [-0.15, -0.1) is 0 Å². The predicted molar refractivity (Wildman–Crippen MR) is 73.3 cm³/mol. The first kappa shape index (κ1) is 13.8. The zero-order chi connectivity index (χ0) is 13.7. The molecule has 5 nitrogen and oxygen atoms in total. The molecule has 0 atom stereocenters. The Labute approximate surface area is 113 Å². The zero-order valence-electron chi connectivity index (χ0n) is 10.8. The molecule has 19 heavy (non-hydrogen) atoms. The van der Waals surface area contributed by atoms with E-state index >= 15 is 0 Å². The van der Waals surface area contributed by atoms with Crippen LogP contribution in [0.3, 0.4) is 0 Å². The van der Waals surface area contributed by atoms with Gasteiger partial charge in [-0.25, -0.2) is 13.1 Å². The molecular weight excluding hydrogens is 262 g/mol. The van der Waals surface area contributed by atoms with Crippen molar-refractivity contribution in [3.8, 4) is 0 Å². The van der Waals surface area contributed by atoms with E-state index in [-0.39, 0.29) is 4.90 Å². The second-order valence-electron chi connectivity index (χ2n) is 4.35. The molecule has 0 aliphatic carbocycles. The Morgan fingerprint density at radius 2 is 2.00 bits per heavy atom. The Bertz CT molecular complexity index is 620. The van der Waals surface area contributed by atoms with E-state index in [0.717, 1.165) is 12.8 Å². The molecule has 1 aromatic carbocycles. The number of nitrogens with one attached hydrogen (secondary N) is 2. The minimum Gasteiger partial charge on any atom is -0.281 e. The summed E-state index contributed by atoms with van der Waals surface area (Å²) in [6.07, 6.45) is 2.95. The fraction of sp³-hybridized carbons (Fsp3) is 0.308. The highest BCUT2D eigenvalue weighted by Crippen LogP contribution is 2.10. The molecule has 0 aliphatic rings. The van der Waals surface area contributed by atoms with Crippen molar-refractivity contribution in [1.29, 1.82) is 0 Å². The van der Waals surface area contributed by atoms with Gasteiger partial charge in [0.05, 0.1) is 11.9 Å². The smallest absolute Gasteiger partial charge is 0.243 e. The number of rotatable bonds is 6. The topological polar surface area (TPSA) is 74.8 Å². The number of aryl methyl sites for hydroxylation is 2. The molecule has 0 aliphatic heterocycles. The number of aromatic amines is 1. The van der Waals surface area contributed by atoms with Crippen LogP contribution in [0.2, 0.25) is 0 Å². The lowest BCUT2D eigenvalue weighted by molar-refractivity contribution is 0.578. The van der Waals surface area contributed by atoms with E-state index in [1.165, 1.54) is 11.8 Å². The molecule has 0 saturated carbocycles. The third-order valence-corrected chi connectivity index (χ3v) is 4.43. The van der Waals surface area contributed by atoms with E-state index < -0.39 is 10.0 Å². The number of aromatic nitrogens is 2. The molecular formula is C13H17N3O2S. The average molecular weight is 279 g/mol. The molecule has 0 saturated heterocycles. The second-order valence-corrected chi connectivity index (χ2v) is 6.08. The molecule has 0 spiro atoms. The molecule has 0 fully saturated rings. The van der Waals surface area contributed by atoms with Gasteiger partial charge < -0.3 is 0 Å². The molecule has 1 heterocycles. The Kier molecular flexibility index (Phi) is 4.34. The van der Waals surface area contributed by atoms with Gasteiger partial charge in [0.2, 0.25) is 10.0 Å². The lowest BCUT2D eigenvalue weighted by Gasteiger charge is -2.05. The molecule has 1 aromatic heterocycles. The Morgan fingerprint density at radius 3 is 2.63 bits per heavy atom. The third kappa shape index (κ3) is 3.65. The number of sulfonamides is 1. The van der Waals surface area contributed by atoms with Gasteiger partial charge in [-0.2, -0.15) is 5.10 Å². The largest absolute Gasteiger partial charge is 0.281 e. The average Bonchev–Trinajstić information content (AvgIpc) is 2.83. The van der Waals surface area contributed by atoms with Gasteiger partial charge >= 0.3 is 0 Å². The van der Waals surface area contributed by atoms with Crippen molar-refractivity contribution in [3.05, 3.63) is 47.8 Å². The number of nitrogens with zero attached hydrogens (tertiary/aromatic N) is 1. The fourth-order valence-corrected chi connectivity index (χ4v) is 3.04. The molecule has 6 heteroatoms. The maximum atomic E-state index is 12.0. The van der Waals surface area contributed by atoms with Crippen molar-refractivity contribution in [1.82, 2.24) is 14.9 Å². The van der Waals surface area contributed by atoms with E-state index in [2.05, 4.69) is 14.9 Å². The Hall–Kier alpha value is -1.66. The van der Waals surface area contributed by atoms with Crippen LogP contribution in [0.4, 0.5) is 0 Å². The molecule has 102 valence electrons. The lowest BCUT2D eigenvalue weighted by Crippen LogP contribution is -2.25. The zero-order valence-corrected chi connectivity index (χ0v) is 11.6. The standard InChI is InChI=1S/C13H17N3O2S/c1-11-13(10-14-16-11)19(17,18)15-9-5-8-12-6-3-2-4-7-12/h2-4,6-7,10,15H,5,8-9H2,1H3,(H,14,16). The first-order valence-corrected chi connectivity index (χ1v) is 7.61. The minimum atomic E-state index is -3.45. The Morgan fingerprint density at radius 1 is 1.26 bits per heavy atom. The highest BCUT2D eigenvalue weighted by molar-refractivity contribution is 7.89. The molecule has 0 bridgehead atoms. The van der Waals surface area contributed by atoms with Crippen molar-refractivity contribution in [2.45, 2.75) is 24.7 Å². The summed E-state index contributed by atoms with van der Waals surface area (Å²) in [5, 5.41) is 6.34. The summed E-state index contributed by atoms with van der Waals surface area (Å²) in [5.41, 5.74) is 1.76. The van der Waals surface area contributed by atoms with E-state index in [1.54, 1.807) is 6.92 Å². The van der Waals surface area contributed by atoms with Gasteiger partial charge in [-0.3, -0.25) is 5.10 Å². The number of benzene rings is 1. The van der Waals surface area contributed by atoms with E-state index in [1.807, 2.05) is 30.3 Å². The van der Waals surface area contributed by atoms with Crippen LogP contribution >= 0.6 is 0 Å². The summed E-state index contributed by atoms with van der Waals surface area (Å²) in [5.74, 6) is 0. The molecule has 0 amide bonds. The first-order chi connectivity index (χ1) is 9.09. The second kappa shape index (κ2) is 5.99. The van der Waals surface area contributed by atoms with Gasteiger partial charge in [0, 0.05) is 6.54 Å². The predicted octanol–water partition coefficient (Wildman–Crippen LogP) is 1.63.